The SMILES string of the molecule is CC(C)(C)c1cc(NC(=O)Nc2cccc(C#Cc3cnc(NCCNC(=O)CO)nc3)c2)no1. The van der Waals surface area contributed by atoms with Crippen LogP contribution in [0.1, 0.15) is 37.7 Å². The van der Waals surface area contributed by atoms with Gasteiger partial charge in [0.2, 0.25) is 11.9 Å². The number of aliphatic hydroxyl groups is 1. The van der Waals surface area contributed by atoms with Gasteiger partial charge in [-0.15, -0.1) is 0 Å². The molecule has 0 unspecified atom stereocenters. The lowest BCUT2D eigenvalue weighted by Crippen LogP contribution is -2.31. The van der Waals surface area contributed by atoms with Crippen molar-refractivity contribution in [2.75, 3.05) is 35.6 Å². The van der Waals surface area contributed by atoms with Gasteiger partial charge in [-0.05, 0) is 18.2 Å². The molecule has 0 fully saturated rings. The van der Waals surface area contributed by atoms with Gasteiger partial charge in [-0.1, -0.05) is 43.8 Å². The lowest BCUT2D eigenvalue weighted by molar-refractivity contribution is -0.123. The molecule has 0 bridgehead atoms. The number of carbonyl (C=O) groups excluding carboxylic acids is 2. The van der Waals surface area contributed by atoms with Crippen LogP contribution in [0.2, 0.25) is 0 Å². The molecular formula is C24H27N7O4. The van der Waals surface area contributed by atoms with E-state index in [2.05, 4.69) is 48.2 Å². The van der Waals surface area contributed by atoms with Crippen LogP contribution < -0.4 is 21.3 Å². The minimum atomic E-state index is -0.544. The quantitative estimate of drug-likeness (QED) is 0.257. The average molecular weight is 478 g/mol. The Labute approximate surface area is 202 Å². The first-order valence-corrected chi connectivity index (χ1v) is 10.8. The summed E-state index contributed by atoms with van der Waals surface area (Å²) in [5, 5.41) is 23.4. The highest BCUT2D eigenvalue weighted by Gasteiger charge is 2.20. The zero-order chi connectivity index (χ0) is 25.3. The molecule has 182 valence electrons. The van der Waals surface area contributed by atoms with Gasteiger partial charge in [0.15, 0.2) is 5.82 Å². The molecule has 0 saturated heterocycles. The average Bonchev–Trinajstić information content (AvgIpc) is 3.30. The summed E-state index contributed by atoms with van der Waals surface area (Å²) in [5.41, 5.74) is 1.66. The first-order valence-electron chi connectivity index (χ1n) is 10.8. The van der Waals surface area contributed by atoms with Crippen molar-refractivity contribution < 1.29 is 19.2 Å². The Morgan fingerprint density at radius 1 is 1.03 bits per heavy atom. The van der Waals surface area contributed by atoms with Crippen LogP contribution in [0.25, 0.3) is 0 Å². The van der Waals surface area contributed by atoms with E-state index in [9.17, 15) is 9.59 Å². The molecule has 1 aromatic carbocycles. The van der Waals surface area contributed by atoms with Crippen LogP contribution in [0, 0.1) is 11.8 Å². The third kappa shape index (κ3) is 8.13. The van der Waals surface area contributed by atoms with E-state index in [4.69, 9.17) is 9.63 Å². The second-order valence-corrected chi connectivity index (χ2v) is 8.47. The molecule has 0 aliphatic rings. The van der Waals surface area contributed by atoms with Crippen LogP contribution in [-0.4, -0.2) is 51.9 Å². The summed E-state index contributed by atoms with van der Waals surface area (Å²) in [4.78, 5) is 31.6. The molecule has 0 radical (unpaired) electrons. The number of nitrogens with one attached hydrogen (secondary N) is 4. The number of aliphatic hydroxyl groups excluding tert-OH is 1. The third-order valence-electron chi connectivity index (χ3n) is 4.49. The summed E-state index contributed by atoms with van der Waals surface area (Å²) in [5.74, 6) is 6.95. The summed E-state index contributed by atoms with van der Waals surface area (Å²) in [6, 6.07) is 8.34. The molecule has 0 atom stereocenters. The van der Waals surface area contributed by atoms with Crippen LogP contribution in [0.4, 0.5) is 22.2 Å². The van der Waals surface area contributed by atoms with E-state index in [0.717, 1.165) is 0 Å². The number of rotatable bonds is 7. The molecule has 2 aromatic heterocycles. The van der Waals surface area contributed by atoms with E-state index < -0.39 is 18.5 Å². The molecule has 3 aromatic rings. The molecule has 0 aliphatic heterocycles. The Kier molecular flexibility index (Phi) is 8.37. The van der Waals surface area contributed by atoms with E-state index >= 15 is 0 Å². The standard InChI is InChI=1S/C24H27N7O4/c1-24(2,3)19-12-20(31-35-19)30-23(34)29-18-6-4-5-16(11-18)7-8-17-13-27-22(28-14-17)26-10-9-25-21(33)15-32/h4-6,11-14,32H,9-10,15H2,1-3H3,(H,25,33)(H,26,27,28)(H2,29,30,31,34). The molecule has 2 heterocycles. The smallest absolute Gasteiger partial charge is 0.324 e. The Hall–Kier alpha value is -4.43. The number of anilines is 3. The van der Waals surface area contributed by atoms with E-state index in [1.54, 1.807) is 36.7 Å². The maximum Gasteiger partial charge on any atom is 0.324 e. The molecule has 5 N–H and O–H groups in total. The number of carbonyl (C=O) groups is 2. The monoisotopic (exact) mass is 477 g/mol. The predicted octanol–water partition coefficient (Wildman–Crippen LogP) is 2.33. The Morgan fingerprint density at radius 2 is 1.77 bits per heavy atom. The highest BCUT2D eigenvalue weighted by atomic mass is 16.5. The number of hydrogen-bond donors (Lipinski definition) is 5. The molecule has 0 saturated carbocycles. The minimum Gasteiger partial charge on any atom is -0.387 e. The van der Waals surface area contributed by atoms with Crippen LogP contribution in [0.3, 0.4) is 0 Å². The van der Waals surface area contributed by atoms with Crippen molar-refractivity contribution in [1.82, 2.24) is 20.4 Å². The molecule has 3 rings (SSSR count). The van der Waals surface area contributed by atoms with Gasteiger partial charge in [-0.2, -0.15) is 0 Å². The normalized spacial score (nSPS) is 10.6. The van der Waals surface area contributed by atoms with Gasteiger partial charge in [0.25, 0.3) is 0 Å². The zero-order valence-corrected chi connectivity index (χ0v) is 19.7. The summed E-state index contributed by atoms with van der Waals surface area (Å²) in [7, 11) is 0. The van der Waals surface area contributed by atoms with E-state index in [1.165, 1.54) is 0 Å². The van der Waals surface area contributed by atoms with Crippen LogP contribution in [-0.2, 0) is 10.2 Å². The van der Waals surface area contributed by atoms with Crippen molar-refractivity contribution in [2.24, 2.45) is 0 Å². The summed E-state index contributed by atoms with van der Waals surface area (Å²) < 4.78 is 5.27. The predicted molar refractivity (Wildman–Crippen MR) is 131 cm³/mol. The fourth-order valence-corrected chi connectivity index (χ4v) is 2.70. The van der Waals surface area contributed by atoms with Gasteiger partial charge in [-0.3, -0.25) is 10.1 Å². The fraction of sp³-hybridized carbons (Fsp3) is 0.292. The number of urea groups is 1. The van der Waals surface area contributed by atoms with Crippen molar-refractivity contribution in [3.8, 4) is 11.8 Å². The Balaban J connectivity index is 1.53. The first-order chi connectivity index (χ1) is 16.7. The second kappa shape index (κ2) is 11.6. The minimum absolute atomic E-state index is 0.210. The zero-order valence-electron chi connectivity index (χ0n) is 19.7. The number of nitrogens with zero attached hydrogens (tertiary/aromatic N) is 3. The van der Waals surface area contributed by atoms with Crippen molar-refractivity contribution >= 4 is 29.4 Å². The molecule has 11 heteroatoms. The van der Waals surface area contributed by atoms with Crippen molar-refractivity contribution in [1.29, 1.82) is 0 Å². The van der Waals surface area contributed by atoms with Gasteiger partial charge in [0, 0.05) is 48.2 Å². The van der Waals surface area contributed by atoms with Crippen molar-refractivity contribution in [3.63, 3.8) is 0 Å². The molecule has 11 nitrogen and oxygen atoms in total. The number of aromatic nitrogens is 3. The van der Waals surface area contributed by atoms with Crippen molar-refractivity contribution in [2.45, 2.75) is 26.2 Å². The first kappa shape index (κ1) is 25.2. The molecule has 0 aliphatic carbocycles. The molecule has 0 spiro atoms. The summed E-state index contributed by atoms with van der Waals surface area (Å²) >= 11 is 0. The highest BCUT2D eigenvalue weighted by molar-refractivity contribution is 5.99. The summed E-state index contributed by atoms with van der Waals surface area (Å²) in [6.07, 6.45) is 3.15. The molecule has 35 heavy (non-hydrogen) atoms. The number of hydrogen-bond acceptors (Lipinski definition) is 8. The maximum atomic E-state index is 12.3. The third-order valence-corrected chi connectivity index (χ3v) is 4.49. The van der Waals surface area contributed by atoms with Crippen LogP contribution in [0.5, 0.6) is 0 Å². The van der Waals surface area contributed by atoms with Crippen LogP contribution in [0.15, 0.2) is 47.2 Å². The maximum absolute atomic E-state index is 12.3. The Bertz CT molecular complexity index is 1220. The topological polar surface area (TPSA) is 154 Å². The lowest BCUT2D eigenvalue weighted by atomic mass is 9.93. The van der Waals surface area contributed by atoms with Gasteiger partial charge in [0.1, 0.15) is 12.4 Å². The van der Waals surface area contributed by atoms with E-state index in [1.807, 2.05) is 26.8 Å². The van der Waals surface area contributed by atoms with E-state index in [0.29, 0.717) is 47.4 Å². The number of benzene rings is 1. The largest absolute Gasteiger partial charge is 0.387 e. The molecule has 3 amide bonds. The van der Waals surface area contributed by atoms with E-state index in [-0.39, 0.29) is 5.41 Å². The highest BCUT2D eigenvalue weighted by Crippen LogP contribution is 2.24. The fourth-order valence-electron chi connectivity index (χ4n) is 2.70. The number of amides is 3. The summed E-state index contributed by atoms with van der Waals surface area (Å²) in [6.45, 7) is 6.18. The Morgan fingerprint density at radius 3 is 2.46 bits per heavy atom. The van der Waals surface area contributed by atoms with Gasteiger partial charge < -0.3 is 25.6 Å². The van der Waals surface area contributed by atoms with Gasteiger partial charge in [0.05, 0.1) is 5.56 Å². The van der Waals surface area contributed by atoms with Crippen LogP contribution >= 0.6 is 0 Å². The lowest BCUT2D eigenvalue weighted by Gasteiger charge is -2.12. The second-order valence-electron chi connectivity index (χ2n) is 8.47. The van der Waals surface area contributed by atoms with Crippen molar-refractivity contribution in [3.05, 3.63) is 59.6 Å². The van der Waals surface area contributed by atoms with Gasteiger partial charge in [-0.25, -0.2) is 14.8 Å². The van der Waals surface area contributed by atoms with Gasteiger partial charge >= 0.3 is 6.03 Å². The molecular weight excluding hydrogens is 450 g/mol.